The second kappa shape index (κ2) is 5.56. The third kappa shape index (κ3) is 2.76. The molecule has 0 aliphatic carbocycles. The van der Waals surface area contributed by atoms with Crippen LogP contribution in [0.5, 0.6) is 0 Å². The number of esters is 1. The number of ether oxygens (including phenoxy) is 1. The fourth-order valence-corrected chi connectivity index (χ4v) is 1.80. The van der Waals surface area contributed by atoms with E-state index in [1.165, 1.54) is 0 Å². The molecule has 1 aromatic heterocycles. The molecule has 1 N–H and O–H groups in total. The Morgan fingerprint density at radius 2 is 2.05 bits per heavy atom. The maximum atomic E-state index is 12.0. The van der Waals surface area contributed by atoms with Crippen molar-refractivity contribution in [3.63, 3.8) is 0 Å². The molecule has 19 heavy (non-hydrogen) atoms. The van der Waals surface area contributed by atoms with Gasteiger partial charge < -0.3 is 10.1 Å². The lowest BCUT2D eigenvalue weighted by molar-refractivity contribution is 0.0526. The molecule has 2 aromatic rings. The number of hydrogen-bond acceptors (Lipinski definition) is 4. The summed E-state index contributed by atoms with van der Waals surface area (Å²) in [4.78, 5) is 12.0. The van der Waals surface area contributed by atoms with Crippen LogP contribution >= 0.6 is 0 Å². The Bertz CT molecular complexity index is 576. The highest BCUT2D eigenvalue weighted by Crippen LogP contribution is 2.23. The van der Waals surface area contributed by atoms with E-state index in [9.17, 15) is 4.79 Å². The van der Waals surface area contributed by atoms with Crippen LogP contribution in [0.3, 0.4) is 0 Å². The molecule has 0 aliphatic heterocycles. The second-order valence-electron chi connectivity index (χ2n) is 4.14. The first-order chi connectivity index (χ1) is 9.13. The van der Waals surface area contributed by atoms with Crippen molar-refractivity contribution in [3.05, 3.63) is 41.6 Å². The minimum absolute atomic E-state index is 0.345. The normalized spacial score (nSPS) is 10.3. The zero-order valence-electron chi connectivity index (χ0n) is 11.3. The van der Waals surface area contributed by atoms with Crippen LogP contribution in [-0.2, 0) is 11.8 Å². The number of anilines is 2. The summed E-state index contributed by atoms with van der Waals surface area (Å²) in [5.41, 5.74) is 2.14. The van der Waals surface area contributed by atoms with E-state index in [0.717, 1.165) is 11.4 Å². The third-order valence-electron chi connectivity index (χ3n) is 2.85. The molecule has 5 nitrogen and oxygen atoms in total. The number of carbonyl (C=O) groups excluding carboxylic acids is 1. The Kier molecular flexibility index (Phi) is 3.85. The summed E-state index contributed by atoms with van der Waals surface area (Å²) in [7, 11) is 1.80. The lowest BCUT2D eigenvalue weighted by Crippen LogP contribution is -2.08. The van der Waals surface area contributed by atoms with Gasteiger partial charge in [0.2, 0.25) is 0 Å². The van der Waals surface area contributed by atoms with E-state index in [1.54, 1.807) is 18.7 Å². The van der Waals surface area contributed by atoms with Gasteiger partial charge in [0, 0.05) is 12.7 Å². The van der Waals surface area contributed by atoms with Crippen LogP contribution in [0.2, 0.25) is 0 Å². The Hall–Kier alpha value is -2.30. The largest absolute Gasteiger partial charge is 0.462 e. The molecule has 5 heteroatoms. The molecule has 100 valence electrons. The van der Waals surface area contributed by atoms with Crippen molar-refractivity contribution >= 4 is 17.5 Å². The highest BCUT2D eigenvalue weighted by Gasteiger charge is 2.21. The molecular formula is C14H17N3O2. The first kappa shape index (κ1) is 13.1. The average Bonchev–Trinajstić information content (AvgIpc) is 2.66. The molecule has 0 atom stereocenters. The van der Waals surface area contributed by atoms with Gasteiger partial charge in [0.15, 0.2) is 5.82 Å². The number of carbonyl (C=O) groups is 1. The smallest absolute Gasteiger partial charge is 0.343 e. The number of nitrogens with zero attached hydrogens (tertiary/aromatic N) is 2. The summed E-state index contributed by atoms with van der Waals surface area (Å²) in [6.45, 7) is 3.97. The standard InChI is InChI=1S/C14H17N3O2/c1-4-19-14(18)12-10(2)17(3)16-13(12)15-11-8-6-5-7-9-11/h5-9H,4H2,1-3H3,(H,15,16). The molecule has 0 amide bonds. The van der Waals surface area contributed by atoms with Crippen LogP contribution in [-0.4, -0.2) is 22.4 Å². The van der Waals surface area contributed by atoms with E-state index in [2.05, 4.69) is 10.4 Å². The van der Waals surface area contributed by atoms with E-state index in [-0.39, 0.29) is 5.97 Å². The van der Waals surface area contributed by atoms with Gasteiger partial charge in [-0.2, -0.15) is 5.10 Å². The summed E-state index contributed by atoms with van der Waals surface area (Å²) >= 11 is 0. The average molecular weight is 259 g/mol. The van der Waals surface area contributed by atoms with E-state index in [0.29, 0.717) is 18.0 Å². The van der Waals surface area contributed by atoms with Gasteiger partial charge in [0.05, 0.1) is 12.3 Å². The summed E-state index contributed by atoms with van der Waals surface area (Å²) in [5.74, 6) is 0.163. The fourth-order valence-electron chi connectivity index (χ4n) is 1.80. The monoisotopic (exact) mass is 259 g/mol. The molecule has 0 saturated heterocycles. The Morgan fingerprint density at radius 1 is 1.37 bits per heavy atom. The third-order valence-corrected chi connectivity index (χ3v) is 2.85. The predicted octanol–water partition coefficient (Wildman–Crippen LogP) is 2.65. The van der Waals surface area contributed by atoms with Gasteiger partial charge in [-0.1, -0.05) is 18.2 Å². The molecule has 1 heterocycles. The Balaban J connectivity index is 2.35. The van der Waals surface area contributed by atoms with Crippen molar-refractivity contribution in [1.82, 2.24) is 9.78 Å². The second-order valence-corrected chi connectivity index (χ2v) is 4.14. The highest BCUT2D eigenvalue weighted by atomic mass is 16.5. The molecule has 0 aliphatic rings. The van der Waals surface area contributed by atoms with Crippen molar-refractivity contribution < 1.29 is 9.53 Å². The van der Waals surface area contributed by atoms with Crippen LogP contribution in [0.4, 0.5) is 11.5 Å². The van der Waals surface area contributed by atoms with Crippen LogP contribution in [0, 0.1) is 6.92 Å². The number of rotatable bonds is 4. The lowest BCUT2D eigenvalue weighted by Gasteiger charge is -2.06. The lowest BCUT2D eigenvalue weighted by atomic mass is 10.2. The number of aryl methyl sites for hydroxylation is 1. The van der Waals surface area contributed by atoms with E-state index < -0.39 is 0 Å². The van der Waals surface area contributed by atoms with Gasteiger partial charge in [-0.3, -0.25) is 4.68 Å². The summed E-state index contributed by atoms with van der Waals surface area (Å²) < 4.78 is 6.73. The number of hydrogen-bond donors (Lipinski definition) is 1. The first-order valence-corrected chi connectivity index (χ1v) is 6.16. The van der Waals surface area contributed by atoms with Crippen molar-refractivity contribution in [1.29, 1.82) is 0 Å². The molecule has 0 radical (unpaired) electrons. The van der Waals surface area contributed by atoms with Gasteiger partial charge in [-0.05, 0) is 26.0 Å². The van der Waals surface area contributed by atoms with Gasteiger partial charge in [-0.25, -0.2) is 4.79 Å². The van der Waals surface area contributed by atoms with Crippen molar-refractivity contribution in [2.24, 2.45) is 7.05 Å². The fraction of sp³-hybridized carbons (Fsp3) is 0.286. The minimum Gasteiger partial charge on any atom is -0.462 e. The van der Waals surface area contributed by atoms with E-state index in [1.807, 2.05) is 37.3 Å². The van der Waals surface area contributed by atoms with Gasteiger partial charge in [-0.15, -0.1) is 0 Å². The van der Waals surface area contributed by atoms with Crippen LogP contribution in [0.15, 0.2) is 30.3 Å². The summed E-state index contributed by atoms with van der Waals surface area (Å²) in [6, 6.07) is 9.60. The molecule has 2 rings (SSSR count). The first-order valence-electron chi connectivity index (χ1n) is 6.16. The van der Waals surface area contributed by atoms with Crippen molar-refractivity contribution in [2.45, 2.75) is 13.8 Å². The van der Waals surface area contributed by atoms with Gasteiger partial charge in [0.1, 0.15) is 5.56 Å². The summed E-state index contributed by atoms with van der Waals surface area (Å²) in [6.07, 6.45) is 0. The quantitative estimate of drug-likeness (QED) is 0.858. The maximum absolute atomic E-state index is 12.0. The number of benzene rings is 1. The number of aromatic nitrogens is 2. The molecule has 0 unspecified atom stereocenters. The predicted molar refractivity (Wildman–Crippen MR) is 73.6 cm³/mol. The maximum Gasteiger partial charge on any atom is 0.343 e. The topological polar surface area (TPSA) is 56.1 Å². The zero-order valence-corrected chi connectivity index (χ0v) is 11.3. The Labute approximate surface area is 112 Å². The Morgan fingerprint density at radius 3 is 2.68 bits per heavy atom. The molecule has 0 saturated carbocycles. The van der Waals surface area contributed by atoms with E-state index in [4.69, 9.17) is 4.74 Å². The molecule has 1 aromatic carbocycles. The van der Waals surface area contributed by atoms with Crippen LogP contribution in [0.1, 0.15) is 23.0 Å². The SMILES string of the molecule is CCOC(=O)c1c(Nc2ccccc2)nn(C)c1C. The van der Waals surface area contributed by atoms with Gasteiger partial charge >= 0.3 is 5.97 Å². The number of para-hydroxylation sites is 1. The molecule has 0 bridgehead atoms. The molecule has 0 fully saturated rings. The minimum atomic E-state index is -0.355. The zero-order chi connectivity index (χ0) is 13.8. The van der Waals surface area contributed by atoms with Crippen LogP contribution in [0.25, 0.3) is 0 Å². The van der Waals surface area contributed by atoms with Crippen molar-refractivity contribution in [2.75, 3.05) is 11.9 Å². The van der Waals surface area contributed by atoms with Gasteiger partial charge in [0.25, 0.3) is 0 Å². The highest BCUT2D eigenvalue weighted by molar-refractivity contribution is 5.96. The summed E-state index contributed by atoms with van der Waals surface area (Å²) in [5, 5.41) is 7.45. The van der Waals surface area contributed by atoms with Crippen molar-refractivity contribution in [3.8, 4) is 0 Å². The molecular weight excluding hydrogens is 242 g/mol. The molecule has 0 spiro atoms. The van der Waals surface area contributed by atoms with Crippen LogP contribution < -0.4 is 5.32 Å². The van der Waals surface area contributed by atoms with E-state index >= 15 is 0 Å². The number of nitrogens with one attached hydrogen (secondary N) is 1.